The molecule has 0 saturated carbocycles. The van der Waals surface area contributed by atoms with Gasteiger partial charge in [0.25, 0.3) is 0 Å². The molecule has 0 aliphatic heterocycles. The second kappa shape index (κ2) is 9.97. The minimum absolute atomic E-state index is 0.169. The highest BCUT2D eigenvalue weighted by Crippen LogP contribution is 1.91. The summed E-state index contributed by atoms with van der Waals surface area (Å²) in [7, 11) is 0. The van der Waals surface area contributed by atoms with Gasteiger partial charge in [0, 0.05) is 19.5 Å². The fourth-order valence-corrected chi connectivity index (χ4v) is 1.28. The Morgan fingerprint density at radius 2 is 1.93 bits per heavy atom. The predicted octanol–water partition coefficient (Wildman–Crippen LogP) is 1.93. The Balaban J connectivity index is 3.19. The molecule has 1 amide bonds. The van der Waals surface area contributed by atoms with Crippen LogP contribution in [0.25, 0.3) is 0 Å². The molecule has 0 aliphatic carbocycles. The third-order valence-electron chi connectivity index (χ3n) is 2.18. The van der Waals surface area contributed by atoms with Crippen molar-refractivity contribution in [3.63, 3.8) is 0 Å². The van der Waals surface area contributed by atoms with E-state index in [-0.39, 0.29) is 5.91 Å². The van der Waals surface area contributed by atoms with E-state index in [4.69, 9.17) is 0 Å². The van der Waals surface area contributed by atoms with Crippen LogP contribution in [0.15, 0.2) is 0 Å². The molecule has 0 saturated heterocycles. The summed E-state index contributed by atoms with van der Waals surface area (Å²) >= 11 is 0. The van der Waals surface area contributed by atoms with Gasteiger partial charge in [0.15, 0.2) is 0 Å². The molecule has 0 aromatic carbocycles. The highest BCUT2D eigenvalue weighted by molar-refractivity contribution is 5.75. The topological polar surface area (TPSA) is 41.1 Å². The Hall–Kier alpha value is -0.570. The van der Waals surface area contributed by atoms with Gasteiger partial charge in [-0.25, -0.2) is 0 Å². The summed E-state index contributed by atoms with van der Waals surface area (Å²) in [6.45, 7) is 9.10. The third kappa shape index (κ3) is 11.4. The molecule has 3 nitrogen and oxygen atoms in total. The Kier molecular flexibility index (Phi) is 9.59. The summed E-state index contributed by atoms with van der Waals surface area (Å²) in [6, 6.07) is 0. The molecule has 0 atom stereocenters. The standard InChI is InChI=1S/C12H26N2O/c1-4-5-6-8-14-12(15)7-9-13-10-11(2)3/h11,13H,4-10H2,1-3H3,(H,14,15). The normalized spacial score (nSPS) is 10.7. The number of hydrogen-bond acceptors (Lipinski definition) is 2. The van der Waals surface area contributed by atoms with Crippen LogP contribution in [0.4, 0.5) is 0 Å². The number of hydrogen-bond donors (Lipinski definition) is 2. The molecule has 0 aliphatic rings. The summed E-state index contributed by atoms with van der Waals surface area (Å²) in [6.07, 6.45) is 4.10. The minimum Gasteiger partial charge on any atom is -0.356 e. The van der Waals surface area contributed by atoms with Crippen LogP contribution in [-0.4, -0.2) is 25.5 Å². The van der Waals surface area contributed by atoms with E-state index in [2.05, 4.69) is 31.4 Å². The van der Waals surface area contributed by atoms with Crippen LogP contribution in [0, 0.1) is 5.92 Å². The van der Waals surface area contributed by atoms with Crippen LogP contribution >= 0.6 is 0 Å². The number of rotatable bonds is 9. The molecule has 0 radical (unpaired) electrons. The van der Waals surface area contributed by atoms with Crippen molar-refractivity contribution in [3.8, 4) is 0 Å². The van der Waals surface area contributed by atoms with Crippen LogP contribution in [0.1, 0.15) is 46.5 Å². The first-order valence-corrected chi connectivity index (χ1v) is 6.14. The van der Waals surface area contributed by atoms with Crippen LogP contribution < -0.4 is 10.6 Å². The molecular formula is C12H26N2O. The first-order valence-electron chi connectivity index (χ1n) is 6.14. The Bertz CT molecular complexity index is 158. The zero-order valence-electron chi connectivity index (χ0n) is 10.4. The van der Waals surface area contributed by atoms with E-state index >= 15 is 0 Å². The first-order chi connectivity index (χ1) is 7.16. The summed E-state index contributed by atoms with van der Waals surface area (Å²) in [5.74, 6) is 0.819. The van der Waals surface area contributed by atoms with Crippen molar-refractivity contribution in [2.75, 3.05) is 19.6 Å². The Morgan fingerprint density at radius 3 is 2.53 bits per heavy atom. The van der Waals surface area contributed by atoms with Gasteiger partial charge in [0.1, 0.15) is 0 Å². The fourth-order valence-electron chi connectivity index (χ4n) is 1.28. The van der Waals surface area contributed by atoms with Gasteiger partial charge in [-0.3, -0.25) is 4.79 Å². The van der Waals surface area contributed by atoms with Crippen LogP contribution in [0.2, 0.25) is 0 Å². The maximum atomic E-state index is 11.3. The molecule has 0 rings (SSSR count). The average Bonchev–Trinajstić information content (AvgIpc) is 2.19. The zero-order chi connectivity index (χ0) is 11.5. The molecule has 0 heterocycles. The highest BCUT2D eigenvalue weighted by Gasteiger charge is 1.99. The molecule has 15 heavy (non-hydrogen) atoms. The van der Waals surface area contributed by atoms with E-state index < -0.39 is 0 Å². The van der Waals surface area contributed by atoms with Gasteiger partial charge >= 0.3 is 0 Å². The smallest absolute Gasteiger partial charge is 0.221 e. The summed E-state index contributed by atoms with van der Waals surface area (Å²) in [5.41, 5.74) is 0. The van der Waals surface area contributed by atoms with Crippen molar-refractivity contribution in [2.24, 2.45) is 5.92 Å². The predicted molar refractivity (Wildman–Crippen MR) is 64.9 cm³/mol. The van der Waals surface area contributed by atoms with Crippen LogP contribution in [-0.2, 0) is 4.79 Å². The van der Waals surface area contributed by atoms with Crippen LogP contribution in [0.3, 0.4) is 0 Å². The van der Waals surface area contributed by atoms with Crippen molar-refractivity contribution < 1.29 is 4.79 Å². The van der Waals surface area contributed by atoms with Gasteiger partial charge in [-0.05, 0) is 18.9 Å². The lowest BCUT2D eigenvalue weighted by Gasteiger charge is -2.07. The van der Waals surface area contributed by atoms with E-state index in [0.29, 0.717) is 12.3 Å². The quantitative estimate of drug-likeness (QED) is 0.576. The van der Waals surface area contributed by atoms with Gasteiger partial charge in [0.2, 0.25) is 5.91 Å². The monoisotopic (exact) mass is 214 g/mol. The number of nitrogens with one attached hydrogen (secondary N) is 2. The maximum absolute atomic E-state index is 11.3. The molecule has 2 N–H and O–H groups in total. The number of amides is 1. The highest BCUT2D eigenvalue weighted by atomic mass is 16.1. The molecule has 0 aromatic rings. The van der Waals surface area contributed by atoms with Gasteiger partial charge in [0.05, 0.1) is 0 Å². The van der Waals surface area contributed by atoms with Crippen molar-refractivity contribution in [2.45, 2.75) is 46.5 Å². The fraction of sp³-hybridized carbons (Fsp3) is 0.917. The molecule has 90 valence electrons. The zero-order valence-corrected chi connectivity index (χ0v) is 10.4. The molecule has 3 heteroatoms. The summed E-state index contributed by atoms with van der Waals surface area (Å²) in [5, 5.41) is 6.18. The average molecular weight is 214 g/mol. The van der Waals surface area contributed by atoms with E-state index in [0.717, 1.165) is 26.1 Å². The minimum atomic E-state index is 0.169. The van der Waals surface area contributed by atoms with Crippen molar-refractivity contribution in [1.82, 2.24) is 10.6 Å². The number of carbonyl (C=O) groups excluding carboxylic acids is 1. The molecule has 0 unspecified atom stereocenters. The second-order valence-corrected chi connectivity index (χ2v) is 4.41. The number of carbonyl (C=O) groups is 1. The SMILES string of the molecule is CCCCCNC(=O)CCNCC(C)C. The molecular weight excluding hydrogens is 188 g/mol. The van der Waals surface area contributed by atoms with E-state index in [9.17, 15) is 4.79 Å². The summed E-state index contributed by atoms with van der Waals surface area (Å²) < 4.78 is 0. The van der Waals surface area contributed by atoms with Gasteiger partial charge < -0.3 is 10.6 Å². The van der Waals surface area contributed by atoms with Crippen molar-refractivity contribution in [1.29, 1.82) is 0 Å². The van der Waals surface area contributed by atoms with E-state index in [1.807, 2.05) is 0 Å². The lowest BCUT2D eigenvalue weighted by molar-refractivity contribution is -0.121. The van der Waals surface area contributed by atoms with Gasteiger partial charge in [-0.15, -0.1) is 0 Å². The lowest BCUT2D eigenvalue weighted by Crippen LogP contribution is -2.29. The molecule has 0 fully saturated rings. The second-order valence-electron chi connectivity index (χ2n) is 4.41. The summed E-state index contributed by atoms with van der Waals surface area (Å²) in [4.78, 5) is 11.3. The maximum Gasteiger partial charge on any atom is 0.221 e. The number of unbranched alkanes of at least 4 members (excludes halogenated alkanes) is 2. The lowest BCUT2D eigenvalue weighted by atomic mass is 10.2. The van der Waals surface area contributed by atoms with E-state index in [1.165, 1.54) is 12.8 Å². The Morgan fingerprint density at radius 1 is 1.20 bits per heavy atom. The molecule has 0 spiro atoms. The van der Waals surface area contributed by atoms with Crippen LogP contribution in [0.5, 0.6) is 0 Å². The molecule has 0 bridgehead atoms. The van der Waals surface area contributed by atoms with E-state index in [1.54, 1.807) is 0 Å². The molecule has 0 aromatic heterocycles. The van der Waals surface area contributed by atoms with Crippen molar-refractivity contribution in [3.05, 3.63) is 0 Å². The van der Waals surface area contributed by atoms with Gasteiger partial charge in [-0.1, -0.05) is 33.6 Å². The van der Waals surface area contributed by atoms with Gasteiger partial charge in [-0.2, -0.15) is 0 Å². The third-order valence-corrected chi connectivity index (χ3v) is 2.18. The first kappa shape index (κ1) is 14.4. The Labute approximate surface area is 94.0 Å². The largest absolute Gasteiger partial charge is 0.356 e. The van der Waals surface area contributed by atoms with Crippen molar-refractivity contribution >= 4 is 5.91 Å².